The summed E-state index contributed by atoms with van der Waals surface area (Å²) in [5.41, 5.74) is 10.2. The van der Waals surface area contributed by atoms with Gasteiger partial charge in [-0.25, -0.2) is 4.52 Å². The molecule has 0 fully saturated rings. The monoisotopic (exact) mass is 350 g/mol. The van der Waals surface area contributed by atoms with E-state index in [1.54, 1.807) is 6.07 Å². The predicted molar refractivity (Wildman–Crippen MR) is 105 cm³/mol. The van der Waals surface area contributed by atoms with E-state index in [9.17, 15) is 4.79 Å². The van der Waals surface area contributed by atoms with Gasteiger partial charge in [0.05, 0.1) is 11.2 Å². The number of pyridine rings is 1. The SMILES string of the molecule is CCN(CC)CCCc1c(-c2ccccc2)nn2ccc(C(N)=O)cc12. The third-order valence-corrected chi connectivity index (χ3v) is 4.86. The van der Waals surface area contributed by atoms with Crippen LogP contribution in [0, 0.1) is 0 Å². The smallest absolute Gasteiger partial charge is 0.248 e. The van der Waals surface area contributed by atoms with Crippen LogP contribution in [0.15, 0.2) is 48.7 Å². The van der Waals surface area contributed by atoms with Crippen molar-refractivity contribution in [1.29, 1.82) is 0 Å². The molecule has 2 N–H and O–H groups in total. The molecule has 1 aromatic carbocycles. The second-order valence-electron chi connectivity index (χ2n) is 6.43. The van der Waals surface area contributed by atoms with Crippen molar-refractivity contribution in [3.05, 3.63) is 59.8 Å². The minimum absolute atomic E-state index is 0.413. The van der Waals surface area contributed by atoms with Gasteiger partial charge in [-0.1, -0.05) is 44.2 Å². The summed E-state index contributed by atoms with van der Waals surface area (Å²) >= 11 is 0. The molecule has 0 saturated carbocycles. The van der Waals surface area contributed by atoms with Crippen LogP contribution in [-0.2, 0) is 6.42 Å². The van der Waals surface area contributed by atoms with E-state index in [2.05, 4.69) is 30.9 Å². The zero-order valence-corrected chi connectivity index (χ0v) is 15.5. The number of hydrogen-bond acceptors (Lipinski definition) is 3. The Kier molecular flexibility index (Phi) is 5.68. The summed E-state index contributed by atoms with van der Waals surface area (Å²) in [6.07, 6.45) is 3.77. The summed E-state index contributed by atoms with van der Waals surface area (Å²) in [5, 5.41) is 4.77. The summed E-state index contributed by atoms with van der Waals surface area (Å²) in [7, 11) is 0. The van der Waals surface area contributed by atoms with Gasteiger partial charge in [0.2, 0.25) is 5.91 Å². The van der Waals surface area contributed by atoms with E-state index in [1.807, 2.05) is 35.0 Å². The quantitative estimate of drug-likeness (QED) is 0.677. The highest BCUT2D eigenvalue weighted by atomic mass is 16.1. The van der Waals surface area contributed by atoms with E-state index in [0.29, 0.717) is 5.56 Å². The van der Waals surface area contributed by atoms with E-state index in [1.165, 1.54) is 5.56 Å². The molecule has 5 nitrogen and oxygen atoms in total. The molecule has 0 radical (unpaired) electrons. The molecule has 26 heavy (non-hydrogen) atoms. The first kappa shape index (κ1) is 18.1. The van der Waals surface area contributed by atoms with Crippen molar-refractivity contribution in [3.8, 4) is 11.3 Å². The molecule has 136 valence electrons. The molecule has 0 aliphatic heterocycles. The van der Waals surface area contributed by atoms with Gasteiger partial charge in [0.1, 0.15) is 0 Å². The fraction of sp³-hybridized carbons (Fsp3) is 0.333. The third-order valence-electron chi connectivity index (χ3n) is 4.86. The molecule has 1 amide bonds. The Morgan fingerprint density at radius 3 is 2.54 bits per heavy atom. The largest absolute Gasteiger partial charge is 0.366 e. The zero-order valence-electron chi connectivity index (χ0n) is 15.5. The number of aryl methyl sites for hydroxylation is 1. The van der Waals surface area contributed by atoms with Gasteiger partial charge >= 0.3 is 0 Å². The van der Waals surface area contributed by atoms with Crippen LogP contribution in [0.25, 0.3) is 16.8 Å². The van der Waals surface area contributed by atoms with Crippen molar-refractivity contribution in [1.82, 2.24) is 14.5 Å². The number of aromatic nitrogens is 2. The second-order valence-corrected chi connectivity index (χ2v) is 6.43. The minimum Gasteiger partial charge on any atom is -0.366 e. The summed E-state index contributed by atoms with van der Waals surface area (Å²) in [5.74, 6) is -0.413. The summed E-state index contributed by atoms with van der Waals surface area (Å²) in [4.78, 5) is 14.0. The maximum Gasteiger partial charge on any atom is 0.248 e. The van der Waals surface area contributed by atoms with Crippen molar-refractivity contribution in [2.75, 3.05) is 19.6 Å². The van der Waals surface area contributed by atoms with Gasteiger partial charge in [0.25, 0.3) is 0 Å². The van der Waals surface area contributed by atoms with Crippen LogP contribution in [0.4, 0.5) is 0 Å². The Bertz CT molecular complexity index is 882. The number of nitrogens with two attached hydrogens (primary N) is 1. The zero-order chi connectivity index (χ0) is 18.5. The van der Waals surface area contributed by atoms with Crippen LogP contribution in [0.2, 0.25) is 0 Å². The van der Waals surface area contributed by atoms with E-state index >= 15 is 0 Å². The lowest BCUT2D eigenvalue weighted by atomic mass is 10.0. The molecule has 0 spiro atoms. The summed E-state index contributed by atoms with van der Waals surface area (Å²) in [6.45, 7) is 7.54. The normalized spacial score (nSPS) is 11.3. The van der Waals surface area contributed by atoms with Gasteiger partial charge in [-0.05, 0) is 44.6 Å². The van der Waals surface area contributed by atoms with Gasteiger partial charge in [-0.2, -0.15) is 5.10 Å². The highest BCUT2D eigenvalue weighted by Gasteiger charge is 2.16. The van der Waals surface area contributed by atoms with Crippen LogP contribution < -0.4 is 5.73 Å². The average molecular weight is 350 g/mol. The fourth-order valence-corrected chi connectivity index (χ4v) is 3.34. The standard InChI is InChI=1S/C21H26N4O/c1-3-24(4-2)13-8-11-18-19-15-17(21(22)26)12-14-25(19)23-20(18)16-9-6-5-7-10-16/h5-7,9-10,12,14-15H,3-4,8,11,13H2,1-2H3,(H2,22,26). The van der Waals surface area contributed by atoms with Gasteiger partial charge in [-0.15, -0.1) is 0 Å². The van der Waals surface area contributed by atoms with Crippen molar-refractivity contribution < 1.29 is 4.79 Å². The number of nitrogens with zero attached hydrogens (tertiary/aromatic N) is 3. The maximum atomic E-state index is 11.6. The fourth-order valence-electron chi connectivity index (χ4n) is 3.34. The molecule has 0 unspecified atom stereocenters. The van der Waals surface area contributed by atoms with Crippen molar-refractivity contribution in [3.63, 3.8) is 0 Å². The van der Waals surface area contributed by atoms with Gasteiger partial charge in [0, 0.05) is 22.9 Å². The van der Waals surface area contributed by atoms with Crippen molar-refractivity contribution in [2.45, 2.75) is 26.7 Å². The Morgan fingerprint density at radius 1 is 1.15 bits per heavy atom. The lowest BCUT2D eigenvalue weighted by Crippen LogP contribution is -2.24. The number of primary amides is 1. The Labute approximate surface area is 154 Å². The molecule has 0 aliphatic carbocycles. The Morgan fingerprint density at radius 2 is 1.88 bits per heavy atom. The first-order valence-electron chi connectivity index (χ1n) is 9.22. The number of amides is 1. The lowest BCUT2D eigenvalue weighted by Gasteiger charge is -2.17. The molecular weight excluding hydrogens is 324 g/mol. The number of benzene rings is 1. The molecule has 2 aromatic heterocycles. The molecule has 5 heteroatoms. The molecule has 0 saturated heterocycles. The van der Waals surface area contributed by atoms with Crippen molar-refractivity contribution >= 4 is 11.4 Å². The average Bonchev–Trinajstić information content (AvgIpc) is 3.03. The highest BCUT2D eigenvalue weighted by Crippen LogP contribution is 2.28. The van der Waals surface area contributed by atoms with Crippen LogP contribution in [0.1, 0.15) is 36.2 Å². The summed E-state index contributed by atoms with van der Waals surface area (Å²) < 4.78 is 1.85. The first-order valence-corrected chi connectivity index (χ1v) is 9.22. The Hall–Kier alpha value is -2.66. The maximum absolute atomic E-state index is 11.6. The highest BCUT2D eigenvalue weighted by molar-refractivity contribution is 5.94. The summed E-state index contributed by atoms with van der Waals surface area (Å²) in [6, 6.07) is 13.8. The minimum atomic E-state index is -0.413. The molecular formula is C21H26N4O. The molecule has 0 atom stereocenters. The number of rotatable bonds is 8. The van der Waals surface area contributed by atoms with E-state index in [4.69, 9.17) is 10.8 Å². The van der Waals surface area contributed by atoms with E-state index < -0.39 is 5.91 Å². The van der Waals surface area contributed by atoms with Gasteiger partial charge in [-0.3, -0.25) is 4.79 Å². The molecule has 3 rings (SSSR count). The van der Waals surface area contributed by atoms with Gasteiger partial charge < -0.3 is 10.6 Å². The predicted octanol–water partition coefficient (Wildman–Crippen LogP) is 3.37. The Balaban J connectivity index is 2.00. The number of fused-ring (bicyclic) bond motifs is 1. The van der Waals surface area contributed by atoms with Crippen LogP contribution in [0.3, 0.4) is 0 Å². The van der Waals surface area contributed by atoms with Gasteiger partial charge in [0.15, 0.2) is 0 Å². The molecule has 3 aromatic rings. The lowest BCUT2D eigenvalue weighted by molar-refractivity contribution is 0.100. The van der Waals surface area contributed by atoms with E-state index in [-0.39, 0.29) is 0 Å². The first-order chi connectivity index (χ1) is 12.6. The topological polar surface area (TPSA) is 63.6 Å². The number of hydrogen-bond donors (Lipinski definition) is 1. The second kappa shape index (κ2) is 8.15. The number of carbonyl (C=O) groups is 1. The van der Waals surface area contributed by atoms with Crippen LogP contribution in [-0.4, -0.2) is 40.1 Å². The van der Waals surface area contributed by atoms with Crippen LogP contribution >= 0.6 is 0 Å². The number of carbonyl (C=O) groups excluding carboxylic acids is 1. The molecule has 2 heterocycles. The van der Waals surface area contributed by atoms with E-state index in [0.717, 1.165) is 49.2 Å². The molecule has 0 bridgehead atoms. The van der Waals surface area contributed by atoms with Crippen LogP contribution in [0.5, 0.6) is 0 Å². The van der Waals surface area contributed by atoms with Crippen molar-refractivity contribution in [2.24, 2.45) is 5.73 Å². The molecule has 0 aliphatic rings. The third kappa shape index (κ3) is 3.78.